The number of phenolic OH excluding ortho intramolecular Hbond substituents is 1. The third-order valence-corrected chi connectivity index (χ3v) is 2.64. The third kappa shape index (κ3) is 4.84. The second-order valence-electron chi connectivity index (χ2n) is 4.13. The van der Waals surface area contributed by atoms with Crippen molar-refractivity contribution in [3.63, 3.8) is 0 Å². The highest BCUT2D eigenvalue weighted by Gasteiger charge is 2.13. The van der Waals surface area contributed by atoms with E-state index in [1.807, 2.05) is 0 Å². The molecule has 0 spiro atoms. The summed E-state index contributed by atoms with van der Waals surface area (Å²) in [5.41, 5.74) is 0.431. The number of phenols is 1. The second-order valence-corrected chi connectivity index (χ2v) is 4.94. The highest BCUT2D eigenvalue weighted by molar-refractivity contribution is 6.40. The zero-order chi connectivity index (χ0) is 20.9. The minimum absolute atomic E-state index is 0.0232. The highest BCUT2D eigenvalue weighted by atomic mass is 35.5. The molecule has 2 heterocycles. The average Bonchev–Trinajstić information content (AvgIpc) is 3.07. The number of benzene rings is 2. The Labute approximate surface area is 154 Å². The fraction of sp³-hybridized carbons (Fsp3) is 0.188. The molecule has 8 heteroatoms. The Balaban J connectivity index is 0.000000176. The lowest BCUT2D eigenvalue weighted by Gasteiger charge is -1.94. The third-order valence-electron chi connectivity index (χ3n) is 2.64. The van der Waals surface area contributed by atoms with Gasteiger partial charge in [0.15, 0.2) is 23.0 Å². The standard InChI is InChI=1S/C8H6O3.C7H6O3.CH2Cl2/c9-4-6-1-2-7-8(3-6)11-5-10-7;8-5-1-2-6-7(3-5)10-4-9-6;2-1-3/h1-4H,5H2;1-3,8H,4H2;1H2/i5D2;4D2;. The Morgan fingerprint density at radius 2 is 1.46 bits per heavy atom. The number of hydrogen-bond donors (Lipinski definition) is 1. The van der Waals surface area contributed by atoms with Crippen molar-refractivity contribution in [2.45, 2.75) is 0 Å². The molecule has 0 aliphatic carbocycles. The molecule has 6 nitrogen and oxygen atoms in total. The first kappa shape index (κ1) is 13.0. The van der Waals surface area contributed by atoms with E-state index >= 15 is 0 Å². The molecule has 0 bridgehead atoms. The maximum atomic E-state index is 10.4. The van der Waals surface area contributed by atoms with Crippen molar-refractivity contribution in [2.75, 3.05) is 18.8 Å². The summed E-state index contributed by atoms with van der Waals surface area (Å²) in [6.07, 6.45) is 0.664. The lowest BCUT2D eigenvalue weighted by Crippen LogP contribution is -1.92. The molecule has 0 radical (unpaired) electrons. The molecule has 0 fully saturated rings. The van der Waals surface area contributed by atoms with E-state index in [1.165, 1.54) is 36.4 Å². The molecular formula is C16H14Cl2O6. The van der Waals surface area contributed by atoms with Crippen LogP contribution in [0, 0.1) is 0 Å². The van der Waals surface area contributed by atoms with Crippen LogP contribution in [-0.2, 0) is 0 Å². The van der Waals surface area contributed by atoms with Gasteiger partial charge >= 0.3 is 0 Å². The fourth-order valence-electron chi connectivity index (χ4n) is 1.64. The number of alkyl halides is 2. The zero-order valence-corrected chi connectivity index (χ0v) is 13.5. The fourth-order valence-corrected chi connectivity index (χ4v) is 1.64. The molecule has 0 aromatic heterocycles. The lowest BCUT2D eigenvalue weighted by molar-refractivity contribution is 0.112. The SMILES string of the molecule is ClCCl.[2H]C1([2H])Oc2ccc(C=O)cc2O1.[2H]C1([2H])Oc2ccc(O)cc2O1. The van der Waals surface area contributed by atoms with Crippen molar-refractivity contribution in [1.29, 1.82) is 0 Å². The van der Waals surface area contributed by atoms with Gasteiger partial charge in [0, 0.05) is 11.6 Å². The van der Waals surface area contributed by atoms with Crippen LogP contribution in [0.25, 0.3) is 0 Å². The van der Waals surface area contributed by atoms with Gasteiger partial charge in [-0.05, 0) is 30.3 Å². The van der Waals surface area contributed by atoms with Gasteiger partial charge in [-0.25, -0.2) is 0 Å². The molecule has 128 valence electrons. The van der Waals surface area contributed by atoms with E-state index in [0.717, 1.165) is 0 Å². The summed E-state index contributed by atoms with van der Waals surface area (Å²) in [5.74, 6) is 1.12. The highest BCUT2D eigenvalue weighted by Crippen LogP contribution is 2.34. The van der Waals surface area contributed by atoms with Crippen molar-refractivity contribution in [3.05, 3.63) is 42.0 Å². The first-order chi connectivity index (χ1) is 13.1. The van der Waals surface area contributed by atoms with E-state index < -0.39 is 13.5 Å². The molecule has 1 N–H and O–H groups in total. The van der Waals surface area contributed by atoms with Crippen LogP contribution in [0.1, 0.15) is 15.8 Å². The van der Waals surface area contributed by atoms with Crippen LogP contribution in [0.3, 0.4) is 0 Å². The van der Waals surface area contributed by atoms with E-state index in [-0.39, 0.29) is 22.6 Å². The van der Waals surface area contributed by atoms with E-state index in [1.54, 1.807) is 0 Å². The quantitative estimate of drug-likeness (QED) is 0.603. The summed E-state index contributed by atoms with van der Waals surface area (Å²) < 4.78 is 47.5. The summed E-state index contributed by atoms with van der Waals surface area (Å²) in [4.78, 5) is 10.4. The minimum Gasteiger partial charge on any atom is -0.508 e. The minimum atomic E-state index is -2.12. The lowest BCUT2D eigenvalue weighted by atomic mass is 10.2. The largest absolute Gasteiger partial charge is 0.508 e. The van der Waals surface area contributed by atoms with Gasteiger partial charge in [0.05, 0.1) is 5.34 Å². The summed E-state index contributed by atoms with van der Waals surface area (Å²) in [5, 5.41) is 9.20. The topological polar surface area (TPSA) is 74.2 Å². The average molecular weight is 377 g/mol. The van der Waals surface area contributed by atoms with Crippen LogP contribution in [0.2, 0.25) is 0 Å². The molecular weight excluding hydrogens is 359 g/mol. The van der Waals surface area contributed by atoms with Crippen LogP contribution in [-0.4, -0.2) is 30.2 Å². The molecule has 2 aliphatic heterocycles. The molecule has 0 saturated heterocycles. The van der Waals surface area contributed by atoms with Crippen molar-refractivity contribution in [1.82, 2.24) is 0 Å². The smallest absolute Gasteiger partial charge is 0.231 e. The number of hydrogen-bond acceptors (Lipinski definition) is 6. The second kappa shape index (κ2) is 9.10. The number of halogens is 2. The number of rotatable bonds is 1. The zero-order valence-electron chi connectivity index (χ0n) is 16.0. The van der Waals surface area contributed by atoms with E-state index in [9.17, 15) is 4.79 Å². The Kier molecular flexibility index (Phi) is 4.94. The van der Waals surface area contributed by atoms with E-state index in [2.05, 4.69) is 0 Å². The van der Waals surface area contributed by atoms with Gasteiger partial charge in [-0.3, -0.25) is 4.79 Å². The van der Waals surface area contributed by atoms with Crippen LogP contribution in [0.4, 0.5) is 0 Å². The molecule has 2 aliphatic rings. The van der Waals surface area contributed by atoms with Gasteiger partial charge in [0.25, 0.3) is 0 Å². The van der Waals surface area contributed by atoms with Gasteiger partial charge in [-0.15, -0.1) is 23.2 Å². The molecule has 2 aromatic carbocycles. The molecule has 0 amide bonds. The molecule has 24 heavy (non-hydrogen) atoms. The Morgan fingerprint density at radius 3 is 2.04 bits per heavy atom. The summed E-state index contributed by atoms with van der Waals surface area (Å²) in [6.45, 7) is -4.24. The maximum absolute atomic E-state index is 10.4. The van der Waals surface area contributed by atoms with Crippen LogP contribution < -0.4 is 18.9 Å². The Morgan fingerprint density at radius 1 is 0.958 bits per heavy atom. The van der Waals surface area contributed by atoms with Crippen molar-refractivity contribution < 1.29 is 34.3 Å². The number of aldehydes is 1. The van der Waals surface area contributed by atoms with Crippen LogP contribution >= 0.6 is 23.2 Å². The van der Waals surface area contributed by atoms with Gasteiger partial charge in [0.2, 0.25) is 13.5 Å². The number of carbonyl (C=O) groups excluding carboxylic acids is 1. The monoisotopic (exact) mass is 376 g/mol. The Hall–Kier alpha value is -2.31. The van der Waals surface area contributed by atoms with Crippen molar-refractivity contribution in [3.8, 4) is 28.7 Å². The molecule has 0 atom stereocenters. The molecule has 0 unspecified atom stereocenters. The normalized spacial score (nSPS) is 19.1. The first-order valence-corrected chi connectivity index (χ1v) is 7.46. The van der Waals surface area contributed by atoms with Crippen molar-refractivity contribution >= 4 is 29.5 Å². The maximum Gasteiger partial charge on any atom is 0.231 e. The number of carbonyl (C=O) groups is 1. The van der Waals surface area contributed by atoms with Crippen molar-refractivity contribution in [2.24, 2.45) is 0 Å². The molecule has 2 aromatic rings. The predicted molar refractivity (Wildman–Crippen MR) is 88.8 cm³/mol. The van der Waals surface area contributed by atoms with Gasteiger partial charge in [0.1, 0.15) is 17.5 Å². The summed E-state index contributed by atoms with van der Waals surface area (Å²) in [7, 11) is 0. The van der Waals surface area contributed by atoms with Crippen LogP contribution in [0.5, 0.6) is 28.7 Å². The van der Waals surface area contributed by atoms with Gasteiger partial charge < -0.3 is 24.1 Å². The van der Waals surface area contributed by atoms with Gasteiger partial charge in [-0.2, -0.15) is 0 Å². The van der Waals surface area contributed by atoms with Gasteiger partial charge in [-0.1, -0.05) is 0 Å². The number of aromatic hydroxyl groups is 1. The number of fused-ring (bicyclic) bond motifs is 2. The Bertz CT molecular complexity index is 850. The summed E-state index contributed by atoms with van der Waals surface area (Å²) in [6, 6.07) is 8.65. The predicted octanol–water partition coefficient (Wildman–Crippen LogP) is 3.77. The first-order valence-electron chi connectivity index (χ1n) is 8.39. The van der Waals surface area contributed by atoms with E-state index in [0.29, 0.717) is 23.3 Å². The number of ether oxygens (including phenoxy) is 4. The van der Waals surface area contributed by atoms with E-state index in [4.69, 9.17) is 52.7 Å². The van der Waals surface area contributed by atoms with Crippen LogP contribution in [0.15, 0.2) is 36.4 Å². The molecule has 4 rings (SSSR count). The molecule has 0 saturated carbocycles. The summed E-state index contributed by atoms with van der Waals surface area (Å²) >= 11 is 9.53.